The Morgan fingerprint density at radius 1 is 1.02 bits per heavy atom. The second-order valence-electron chi connectivity index (χ2n) is 14.3. The van der Waals surface area contributed by atoms with E-state index in [2.05, 4.69) is 10.00 Å². The molecular formula is C37H49F2N5O3. The maximum Gasteiger partial charge on any atom is 0.410 e. The SMILES string of the molecule is CN(CCC1CCN(C(=O)OC(C)(C)C)CC1)CC1(O)CCC(n2cc(N=C(c3ccccc3)c3ccccc3)c(C(F)F)n2)CC1. The van der Waals surface area contributed by atoms with Crippen molar-refractivity contribution < 1.29 is 23.4 Å². The predicted molar refractivity (Wildman–Crippen MR) is 180 cm³/mol. The highest BCUT2D eigenvalue weighted by Gasteiger charge is 2.36. The fraction of sp³-hybridized carbons (Fsp3) is 0.541. The van der Waals surface area contributed by atoms with Crippen molar-refractivity contribution in [1.82, 2.24) is 19.6 Å². The molecule has 1 N–H and O–H groups in total. The monoisotopic (exact) mass is 649 g/mol. The van der Waals surface area contributed by atoms with E-state index in [0.29, 0.717) is 56.9 Å². The Morgan fingerprint density at radius 2 is 1.60 bits per heavy atom. The van der Waals surface area contributed by atoms with Gasteiger partial charge in [-0.3, -0.25) is 4.68 Å². The van der Waals surface area contributed by atoms with Crippen molar-refractivity contribution in [2.75, 3.05) is 33.2 Å². The lowest BCUT2D eigenvalue weighted by atomic mass is 9.81. The molecular weight excluding hydrogens is 600 g/mol. The highest BCUT2D eigenvalue weighted by Crippen LogP contribution is 2.38. The third-order valence-electron chi connectivity index (χ3n) is 9.28. The van der Waals surface area contributed by atoms with E-state index in [4.69, 9.17) is 9.73 Å². The third kappa shape index (κ3) is 9.47. The summed E-state index contributed by atoms with van der Waals surface area (Å²) >= 11 is 0. The molecule has 1 aliphatic carbocycles. The molecule has 0 spiro atoms. The van der Waals surface area contributed by atoms with Crippen molar-refractivity contribution in [1.29, 1.82) is 0 Å². The van der Waals surface area contributed by atoms with Gasteiger partial charge in [0.2, 0.25) is 0 Å². The number of aromatic nitrogens is 2. The van der Waals surface area contributed by atoms with Gasteiger partial charge in [-0.25, -0.2) is 18.6 Å². The van der Waals surface area contributed by atoms with Crippen molar-refractivity contribution in [2.24, 2.45) is 10.9 Å². The van der Waals surface area contributed by atoms with Gasteiger partial charge in [0.05, 0.1) is 23.6 Å². The topological polar surface area (TPSA) is 83.2 Å². The Kier molecular flexibility index (Phi) is 11.1. The van der Waals surface area contributed by atoms with E-state index in [-0.39, 0.29) is 23.5 Å². The number of hydrogen-bond donors (Lipinski definition) is 1. The van der Waals surface area contributed by atoms with Crippen LogP contribution < -0.4 is 0 Å². The average Bonchev–Trinajstić information content (AvgIpc) is 3.47. The van der Waals surface area contributed by atoms with Crippen LogP contribution in [0.25, 0.3) is 0 Å². The highest BCUT2D eigenvalue weighted by atomic mass is 19.3. The van der Waals surface area contributed by atoms with E-state index in [1.165, 1.54) is 0 Å². The quantitative estimate of drug-likeness (QED) is 0.227. The van der Waals surface area contributed by atoms with Gasteiger partial charge in [-0.2, -0.15) is 5.10 Å². The number of alkyl halides is 2. The number of aliphatic hydroxyl groups is 1. The molecule has 47 heavy (non-hydrogen) atoms. The molecule has 1 aliphatic heterocycles. The standard InChI is InChI=1S/C37H49F2N5O3/c1-36(2,3)47-35(45)43-23-18-27(19-24-43)17-22-42(4)26-37(46)20-15-30(16-21-37)44-25-31(33(41-44)34(38)39)40-32(28-11-7-5-8-12-28)29-13-9-6-10-14-29/h5-14,25,27,30,34,46H,15-24,26H2,1-4H3. The number of ether oxygens (including phenoxy) is 1. The van der Waals surface area contributed by atoms with Crippen LogP contribution in [0.4, 0.5) is 19.3 Å². The number of nitrogens with zero attached hydrogens (tertiary/aromatic N) is 5. The number of halogens is 2. The van der Waals surface area contributed by atoms with E-state index < -0.39 is 17.6 Å². The summed E-state index contributed by atoms with van der Waals surface area (Å²) in [5, 5.41) is 15.8. The number of likely N-dealkylation sites (N-methyl/N-ethyl adjacent to an activating group) is 1. The first-order valence-corrected chi connectivity index (χ1v) is 16.8. The molecule has 1 saturated carbocycles. The van der Waals surface area contributed by atoms with Gasteiger partial charge in [-0.15, -0.1) is 0 Å². The van der Waals surface area contributed by atoms with Crippen LogP contribution in [0.15, 0.2) is 71.9 Å². The molecule has 2 aromatic carbocycles. The number of hydrogen-bond acceptors (Lipinski definition) is 6. The Morgan fingerprint density at radius 3 is 2.13 bits per heavy atom. The zero-order valence-corrected chi connectivity index (χ0v) is 28.1. The second-order valence-corrected chi connectivity index (χ2v) is 14.3. The van der Waals surface area contributed by atoms with Crippen LogP contribution in [0.3, 0.4) is 0 Å². The number of likely N-dealkylation sites (tertiary alicyclic amines) is 1. The fourth-order valence-electron chi connectivity index (χ4n) is 6.71. The summed E-state index contributed by atoms with van der Waals surface area (Å²) in [5.41, 5.74) is 0.804. The predicted octanol–water partition coefficient (Wildman–Crippen LogP) is 7.81. The second kappa shape index (κ2) is 15.1. The molecule has 10 heteroatoms. The number of aliphatic imine (C=N–C) groups is 1. The van der Waals surface area contributed by atoms with E-state index in [9.17, 15) is 18.7 Å². The Bertz CT molecular complexity index is 1430. The van der Waals surface area contributed by atoms with Crippen molar-refractivity contribution in [3.05, 3.63) is 83.7 Å². The number of carbonyl (C=O) groups is 1. The van der Waals surface area contributed by atoms with Crippen molar-refractivity contribution in [3.8, 4) is 0 Å². The lowest BCUT2D eigenvalue weighted by molar-refractivity contribution is -0.0325. The lowest BCUT2D eigenvalue weighted by Crippen LogP contribution is -2.45. The van der Waals surface area contributed by atoms with Gasteiger partial charge in [-0.05, 0) is 85.2 Å². The van der Waals surface area contributed by atoms with Gasteiger partial charge in [0.15, 0.2) is 5.69 Å². The first-order chi connectivity index (χ1) is 22.4. The number of carbonyl (C=O) groups excluding carboxylic acids is 1. The third-order valence-corrected chi connectivity index (χ3v) is 9.28. The zero-order chi connectivity index (χ0) is 33.6. The molecule has 1 aromatic heterocycles. The van der Waals surface area contributed by atoms with Crippen LogP contribution in [-0.2, 0) is 4.74 Å². The van der Waals surface area contributed by atoms with E-state index in [0.717, 1.165) is 36.9 Å². The maximum atomic E-state index is 14.2. The largest absolute Gasteiger partial charge is 0.444 e. The summed E-state index contributed by atoms with van der Waals surface area (Å²) in [6, 6.07) is 19.1. The Labute approximate surface area is 277 Å². The average molecular weight is 650 g/mol. The zero-order valence-electron chi connectivity index (χ0n) is 28.1. The van der Waals surface area contributed by atoms with Gasteiger partial charge < -0.3 is 19.6 Å². The highest BCUT2D eigenvalue weighted by molar-refractivity contribution is 6.14. The number of amides is 1. The molecule has 0 unspecified atom stereocenters. The van der Waals surface area contributed by atoms with Crippen molar-refractivity contribution in [2.45, 2.75) is 89.4 Å². The van der Waals surface area contributed by atoms with E-state index in [1.807, 2.05) is 88.5 Å². The van der Waals surface area contributed by atoms with Gasteiger partial charge in [0, 0.05) is 30.8 Å². The van der Waals surface area contributed by atoms with Crippen LogP contribution in [0.1, 0.15) is 95.0 Å². The smallest absolute Gasteiger partial charge is 0.410 e. The minimum absolute atomic E-state index is 0.0888. The minimum Gasteiger partial charge on any atom is -0.444 e. The molecule has 3 aromatic rings. The summed E-state index contributed by atoms with van der Waals surface area (Å²) in [4.78, 5) is 21.1. The van der Waals surface area contributed by atoms with Crippen LogP contribution in [0, 0.1) is 5.92 Å². The minimum atomic E-state index is -2.76. The lowest BCUT2D eigenvalue weighted by Gasteiger charge is -2.39. The van der Waals surface area contributed by atoms with Crippen LogP contribution in [0.5, 0.6) is 0 Å². The number of rotatable bonds is 10. The van der Waals surface area contributed by atoms with Gasteiger partial charge >= 0.3 is 6.09 Å². The maximum absolute atomic E-state index is 14.2. The number of benzene rings is 2. The van der Waals surface area contributed by atoms with Gasteiger partial charge in [-0.1, -0.05) is 60.7 Å². The van der Waals surface area contributed by atoms with Gasteiger partial charge in [0.25, 0.3) is 6.43 Å². The summed E-state index contributed by atoms with van der Waals surface area (Å²) in [7, 11) is 2.05. The number of piperidine rings is 1. The molecule has 5 rings (SSSR count). The van der Waals surface area contributed by atoms with Crippen molar-refractivity contribution in [3.63, 3.8) is 0 Å². The molecule has 0 atom stereocenters. The van der Waals surface area contributed by atoms with E-state index in [1.54, 1.807) is 15.8 Å². The Hall–Kier alpha value is -3.63. The molecule has 0 radical (unpaired) electrons. The van der Waals surface area contributed by atoms with Crippen LogP contribution in [0.2, 0.25) is 0 Å². The summed E-state index contributed by atoms with van der Waals surface area (Å²) in [5.74, 6) is 0.534. The molecule has 254 valence electrons. The first kappa shape index (κ1) is 34.7. The summed E-state index contributed by atoms with van der Waals surface area (Å²) in [6.45, 7) is 8.50. The molecule has 8 nitrogen and oxygen atoms in total. The molecule has 2 aliphatic rings. The summed E-state index contributed by atoms with van der Waals surface area (Å²) in [6.07, 6.45) is 3.98. The molecule has 0 bridgehead atoms. The van der Waals surface area contributed by atoms with Gasteiger partial charge in [0.1, 0.15) is 11.3 Å². The Balaban J connectivity index is 1.16. The molecule has 2 heterocycles. The van der Waals surface area contributed by atoms with Crippen molar-refractivity contribution >= 4 is 17.5 Å². The van der Waals surface area contributed by atoms with E-state index >= 15 is 0 Å². The van der Waals surface area contributed by atoms with Crippen LogP contribution in [-0.4, -0.2) is 80.9 Å². The molecule has 1 saturated heterocycles. The first-order valence-electron chi connectivity index (χ1n) is 16.8. The summed E-state index contributed by atoms with van der Waals surface area (Å²) < 4.78 is 35.6. The van der Waals surface area contributed by atoms with Crippen LogP contribution >= 0.6 is 0 Å². The molecule has 2 fully saturated rings. The normalized spacial score (nSPS) is 20.9. The molecule has 1 amide bonds. The fourth-order valence-corrected chi connectivity index (χ4v) is 6.71.